The van der Waals surface area contributed by atoms with Crippen LogP contribution in [0.4, 0.5) is 11.4 Å². The molecule has 0 aliphatic carbocycles. The van der Waals surface area contributed by atoms with E-state index in [2.05, 4.69) is 26.5 Å². The molecule has 9 heteroatoms. The maximum atomic E-state index is 11.6. The molecule has 0 saturated carbocycles. The Morgan fingerprint density at radius 1 is 1.15 bits per heavy atom. The van der Waals surface area contributed by atoms with E-state index in [1.807, 2.05) is 12.1 Å². The molecule has 0 saturated heterocycles. The highest BCUT2D eigenvalue weighted by Crippen LogP contribution is 2.32. The van der Waals surface area contributed by atoms with E-state index in [1.54, 1.807) is 28.9 Å². The van der Waals surface area contributed by atoms with Crippen molar-refractivity contribution in [2.75, 3.05) is 23.4 Å². The molecular formula is C18H20N6O2S. The summed E-state index contributed by atoms with van der Waals surface area (Å²) in [6, 6.07) is 12.5. The van der Waals surface area contributed by atoms with Crippen molar-refractivity contribution in [2.45, 2.75) is 24.3 Å². The standard InChI is InChI=1S/C18H20N6O2S/c1-27(25,26)14-9-7-13(8-10-14)24-18(20-21-22-24)12-23-11-3-4-15-16(19)5-2-6-17(15)23/h2,5-10H,3-4,11-12,19H2,1H3. The Bertz CT molecular complexity index is 1080. The minimum absolute atomic E-state index is 0.265. The molecule has 2 aromatic carbocycles. The van der Waals surface area contributed by atoms with Gasteiger partial charge in [0.25, 0.3) is 0 Å². The average Bonchev–Trinajstić information content (AvgIpc) is 3.10. The van der Waals surface area contributed by atoms with Crippen molar-refractivity contribution < 1.29 is 8.42 Å². The lowest BCUT2D eigenvalue weighted by atomic mass is 10.00. The van der Waals surface area contributed by atoms with Gasteiger partial charge in [-0.1, -0.05) is 6.07 Å². The summed E-state index contributed by atoms with van der Waals surface area (Å²) in [5.41, 5.74) is 9.94. The van der Waals surface area contributed by atoms with Crippen LogP contribution >= 0.6 is 0 Å². The Morgan fingerprint density at radius 2 is 1.93 bits per heavy atom. The lowest BCUT2D eigenvalue weighted by Crippen LogP contribution is -2.30. The summed E-state index contributed by atoms with van der Waals surface area (Å²) in [5, 5.41) is 12.0. The third kappa shape index (κ3) is 3.37. The molecule has 0 unspecified atom stereocenters. The monoisotopic (exact) mass is 384 g/mol. The van der Waals surface area contributed by atoms with E-state index in [9.17, 15) is 8.42 Å². The van der Waals surface area contributed by atoms with Gasteiger partial charge in [-0.05, 0) is 65.2 Å². The van der Waals surface area contributed by atoms with E-state index >= 15 is 0 Å². The van der Waals surface area contributed by atoms with Crippen LogP contribution in [0.25, 0.3) is 5.69 Å². The number of aromatic nitrogens is 4. The minimum Gasteiger partial charge on any atom is -0.398 e. The number of nitrogens with two attached hydrogens (primary N) is 1. The first-order valence-corrected chi connectivity index (χ1v) is 10.5. The fourth-order valence-corrected chi connectivity index (χ4v) is 4.03. The summed E-state index contributed by atoms with van der Waals surface area (Å²) >= 11 is 0. The first kappa shape index (κ1) is 17.5. The van der Waals surface area contributed by atoms with Crippen LogP contribution in [0.15, 0.2) is 47.4 Å². The van der Waals surface area contributed by atoms with Gasteiger partial charge in [0.1, 0.15) is 0 Å². The number of sulfone groups is 1. The molecule has 3 aromatic rings. The van der Waals surface area contributed by atoms with Crippen LogP contribution < -0.4 is 10.6 Å². The minimum atomic E-state index is -3.24. The third-order valence-electron chi connectivity index (χ3n) is 4.76. The van der Waals surface area contributed by atoms with Gasteiger partial charge in [-0.2, -0.15) is 4.68 Å². The number of nitrogens with zero attached hydrogens (tertiary/aromatic N) is 5. The molecule has 4 rings (SSSR count). The predicted molar refractivity (Wildman–Crippen MR) is 102 cm³/mol. The number of fused-ring (bicyclic) bond motifs is 1. The number of rotatable bonds is 4. The normalized spacial score (nSPS) is 14.2. The largest absolute Gasteiger partial charge is 0.398 e. The van der Waals surface area contributed by atoms with E-state index in [1.165, 1.54) is 11.8 Å². The van der Waals surface area contributed by atoms with Crippen molar-refractivity contribution in [1.82, 2.24) is 20.2 Å². The molecule has 2 heterocycles. The Labute approximate surface area is 157 Å². The van der Waals surface area contributed by atoms with Gasteiger partial charge in [0, 0.05) is 24.2 Å². The average molecular weight is 384 g/mol. The van der Waals surface area contributed by atoms with Gasteiger partial charge in [0.15, 0.2) is 15.7 Å². The topological polar surface area (TPSA) is 107 Å². The molecular weight excluding hydrogens is 364 g/mol. The molecule has 8 nitrogen and oxygen atoms in total. The molecule has 1 aliphatic heterocycles. The lowest BCUT2D eigenvalue weighted by Gasteiger charge is -2.31. The zero-order chi connectivity index (χ0) is 19.0. The number of hydrogen-bond acceptors (Lipinski definition) is 7. The van der Waals surface area contributed by atoms with Crippen LogP contribution in [0.3, 0.4) is 0 Å². The van der Waals surface area contributed by atoms with Gasteiger partial charge in [0.05, 0.1) is 17.1 Å². The number of tetrazole rings is 1. The number of benzene rings is 2. The first-order chi connectivity index (χ1) is 12.9. The Hall–Kier alpha value is -2.94. The van der Waals surface area contributed by atoms with Gasteiger partial charge in [0.2, 0.25) is 0 Å². The quantitative estimate of drug-likeness (QED) is 0.681. The number of anilines is 2. The van der Waals surface area contributed by atoms with Crippen LogP contribution in [0.2, 0.25) is 0 Å². The fraction of sp³-hybridized carbons (Fsp3) is 0.278. The highest BCUT2D eigenvalue weighted by Gasteiger charge is 2.21. The van der Waals surface area contributed by atoms with E-state index in [4.69, 9.17) is 5.73 Å². The van der Waals surface area contributed by atoms with Crippen molar-refractivity contribution in [3.8, 4) is 5.69 Å². The molecule has 0 amide bonds. The summed E-state index contributed by atoms with van der Waals surface area (Å²) in [7, 11) is -3.24. The Morgan fingerprint density at radius 3 is 2.67 bits per heavy atom. The molecule has 1 aliphatic rings. The highest BCUT2D eigenvalue weighted by molar-refractivity contribution is 7.90. The number of hydrogen-bond donors (Lipinski definition) is 1. The molecule has 1 aromatic heterocycles. The molecule has 0 atom stereocenters. The Balaban J connectivity index is 1.64. The molecule has 140 valence electrons. The third-order valence-corrected chi connectivity index (χ3v) is 5.89. The van der Waals surface area contributed by atoms with E-state index in [0.717, 1.165) is 30.8 Å². The number of nitrogen functional groups attached to an aromatic ring is 1. The SMILES string of the molecule is CS(=O)(=O)c1ccc(-n2nnnc2CN2CCCc3c(N)cccc32)cc1. The summed E-state index contributed by atoms with van der Waals surface area (Å²) in [5.74, 6) is 0.678. The van der Waals surface area contributed by atoms with Crippen LogP contribution in [0, 0.1) is 0 Å². The van der Waals surface area contributed by atoms with Crippen molar-refractivity contribution in [1.29, 1.82) is 0 Å². The predicted octanol–water partition coefficient (Wildman–Crippen LogP) is 1.60. The maximum absolute atomic E-state index is 11.6. The second kappa shape index (κ2) is 6.66. The van der Waals surface area contributed by atoms with Crippen molar-refractivity contribution in [3.05, 3.63) is 53.9 Å². The first-order valence-electron chi connectivity index (χ1n) is 8.63. The molecule has 0 spiro atoms. The molecule has 0 bridgehead atoms. The molecule has 0 radical (unpaired) electrons. The summed E-state index contributed by atoms with van der Waals surface area (Å²) in [4.78, 5) is 2.49. The fourth-order valence-electron chi connectivity index (χ4n) is 3.40. The molecule has 27 heavy (non-hydrogen) atoms. The summed E-state index contributed by atoms with van der Waals surface area (Å²) < 4.78 is 24.9. The van der Waals surface area contributed by atoms with Crippen LogP contribution in [-0.4, -0.2) is 41.4 Å². The van der Waals surface area contributed by atoms with Crippen LogP contribution in [0.1, 0.15) is 17.8 Å². The van der Waals surface area contributed by atoms with Crippen molar-refractivity contribution >= 4 is 21.2 Å². The van der Waals surface area contributed by atoms with Crippen molar-refractivity contribution in [2.24, 2.45) is 0 Å². The smallest absolute Gasteiger partial charge is 0.175 e. The highest BCUT2D eigenvalue weighted by atomic mass is 32.2. The molecule has 2 N–H and O–H groups in total. The van der Waals surface area contributed by atoms with Gasteiger partial charge in [-0.25, -0.2) is 8.42 Å². The van der Waals surface area contributed by atoms with Gasteiger partial charge in [-0.15, -0.1) is 5.10 Å². The van der Waals surface area contributed by atoms with Gasteiger partial charge >= 0.3 is 0 Å². The Kier molecular flexibility index (Phi) is 4.31. The van der Waals surface area contributed by atoms with E-state index < -0.39 is 9.84 Å². The van der Waals surface area contributed by atoms with E-state index in [-0.39, 0.29) is 4.90 Å². The second-order valence-corrected chi connectivity index (χ2v) is 8.66. The van der Waals surface area contributed by atoms with Gasteiger partial charge in [-0.3, -0.25) is 0 Å². The zero-order valence-electron chi connectivity index (χ0n) is 14.9. The summed E-state index contributed by atoms with van der Waals surface area (Å²) in [6.07, 6.45) is 3.17. The molecule has 0 fully saturated rings. The van der Waals surface area contributed by atoms with E-state index in [0.29, 0.717) is 18.1 Å². The lowest BCUT2D eigenvalue weighted by molar-refractivity contribution is 0.602. The van der Waals surface area contributed by atoms with Crippen molar-refractivity contribution in [3.63, 3.8) is 0 Å². The van der Waals surface area contributed by atoms with Crippen LogP contribution in [0.5, 0.6) is 0 Å². The van der Waals surface area contributed by atoms with Gasteiger partial charge < -0.3 is 10.6 Å². The maximum Gasteiger partial charge on any atom is 0.175 e. The second-order valence-electron chi connectivity index (χ2n) is 6.64. The zero-order valence-corrected chi connectivity index (χ0v) is 15.7. The van der Waals surface area contributed by atoms with Crippen LogP contribution in [-0.2, 0) is 22.8 Å². The summed E-state index contributed by atoms with van der Waals surface area (Å²) in [6.45, 7) is 1.44.